The number of nitrogens with zero attached hydrogens (tertiary/aromatic N) is 1. The van der Waals surface area contributed by atoms with Gasteiger partial charge in [-0.25, -0.2) is 4.79 Å². The molecule has 0 saturated heterocycles. The summed E-state index contributed by atoms with van der Waals surface area (Å²) in [6.07, 6.45) is 2.16. The lowest BCUT2D eigenvalue weighted by molar-refractivity contribution is -0.140. The fourth-order valence-electron chi connectivity index (χ4n) is 2.22. The van der Waals surface area contributed by atoms with Gasteiger partial charge in [0.25, 0.3) is 5.91 Å². The van der Waals surface area contributed by atoms with E-state index in [1.54, 1.807) is 13.0 Å². The Hall–Kier alpha value is -1.69. The SMILES string of the molecule is CCC1(C(C)C)N=C(/C=C(\C)C(=O)OCCOC)NC1=O. The molecule has 1 rings (SSSR count). The fourth-order valence-corrected chi connectivity index (χ4v) is 2.22. The third-order valence-corrected chi connectivity index (χ3v) is 3.64. The van der Waals surface area contributed by atoms with Crippen molar-refractivity contribution >= 4 is 17.7 Å². The molecule has 0 aromatic carbocycles. The second-order valence-electron chi connectivity index (χ2n) is 5.34. The number of nitrogens with one attached hydrogen (secondary N) is 1. The average molecular weight is 296 g/mol. The molecule has 0 spiro atoms. The summed E-state index contributed by atoms with van der Waals surface area (Å²) in [6.45, 7) is 8.04. The molecule has 0 aliphatic carbocycles. The van der Waals surface area contributed by atoms with Crippen molar-refractivity contribution in [2.75, 3.05) is 20.3 Å². The summed E-state index contributed by atoms with van der Waals surface area (Å²) in [5.41, 5.74) is -0.354. The summed E-state index contributed by atoms with van der Waals surface area (Å²) in [5, 5.41) is 2.73. The zero-order chi connectivity index (χ0) is 16.0. The first-order valence-electron chi connectivity index (χ1n) is 7.13. The van der Waals surface area contributed by atoms with Gasteiger partial charge >= 0.3 is 5.97 Å². The van der Waals surface area contributed by atoms with Crippen molar-refractivity contribution in [2.24, 2.45) is 10.9 Å². The number of amidine groups is 1. The Kier molecular flexibility index (Phi) is 6.08. The first-order chi connectivity index (χ1) is 9.87. The van der Waals surface area contributed by atoms with Gasteiger partial charge in [-0.05, 0) is 25.3 Å². The van der Waals surface area contributed by atoms with Crippen LogP contribution in [-0.4, -0.2) is 43.6 Å². The molecule has 1 aliphatic heterocycles. The van der Waals surface area contributed by atoms with Crippen LogP contribution < -0.4 is 5.32 Å². The first kappa shape index (κ1) is 17.4. The molecular weight excluding hydrogens is 272 g/mol. The van der Waals surface area contributed by atoms with Gasteiger partial charge in [-0.15, -0.1) is 0 Å². The van der Waals surface area contributed by atoms with Gasteiger partial charge in [0.1, 0.15) is 18.0 Å². The third-order valence-electron chi connectivity index (χ3n) is 3.64. The van der Waals surface area contributed by atoms with E-state index in [1.165, 1.54) is 7.11 Å². The fraction of sp³-hybridized carbons (Fsp3) is 0.667. The van der Waals surface area contributed by atoms with E-state index in [2.05, 4.69) is 10.3 Å². The minimum atomic E-state index is -0.744. The maximum Gasteiger partial charge on any atom is 0.333 e. The molecule has 0 bridgehead atoms. The summed E-state index contributed by atoms with van der Waals surface area (Å²) in [5.74, 6) is -0.0616. The zero-order valence-corrected chi connectivity index (χ0v) is 13.4. The van der Waals surface area contributed by atoms with Crippen LogP contribution in [0.2, 0.25) is 0 Å². The van der Waals surface area contributed by atoms with E-state index in [-0.39, 0.29) is 18.4 Å². The predicted molar refractivity (Wildman–Crippen MR) is 80.0 cm³/mol. The highest BCUT2D eigenvalue weighted by Crippen LogP contribution is 2.29. The molecule has 1 N–H and O–H groups in total. The quantitative estimate of drug-likeness (QED) is 0.438. The average Bonchev–Trinajstić information content (AvgIpc) is 2.75. The van der Waals surface area contributed by atoms with Gasteiger partial charge in [0.2, 0.25) is 0 Å². The highest BCUT2D eigenvalue weighted by molar-refractivity contribution is 6.14. The number of carbonyl (C=O) groups is 2. The van der Waals surface area contributed by atoms with Crippen LogP contribution in [0.4, 0.5) is 0 Å². The Labute approximate surface area is 125 Å². The highest BCUT2D eigenvalue weighted by Gasteiger charge is 2.44. The van der Waals surface area contributed by atoms with E-state index in [1.807, 2.05) is 20.8 Å². The first-order valence-corrected chi connectivity index (χ1v) is 7.13. The minimum absolute atomic E-state index is 0.0855. The van der Waals surface area contributed by atoms with Gasteiger partial charge in [-0.2, -0.15) is 0 Å². The topological polar surface area (TPSA) is 77.0 Å². The number of rotatable bonds is 7. The van der Waals surface area contributed by atoms with Gasteiger partial charge in [-0.1, -0.05) is 20.8 Å². The molecule has 118 valence electrons. The van der Waals surface area contributed by atoms with Crippen molar-refractivity contribution in [1.29, 1.82) is 0 Å². The second-order valence-corrected chi connectivity index (χ2v) is 5.34. The number of hydrogen-bond donors (Lipinski definition) is 1. The van der Waals surface area contributed by atoms with E-state index in [0.29, 0.717) is 24.4 Å². The molecule has 6 heteroatoms. The van der Waals surface area contributed by atoms with Crippen LogP contribution >= 0.6 is 0 Å². The Morgan fingerprint density at radius 3 is 2.57 bits per heavy atom. The van der Waals surface area contributed by atoms with Crippen LogP contribution in [0.1, 0.15) is 34.1 Å². The third kappa shape index (κ3) is 3.91. The van der Waals surface area contributed by atoms with Gasteiger partial charge < -0.3 is 14.8 Å². The molecule has 1 amide bonds. The molecule has 0 saturated carbocycles. The molecule has 0 radical (unpaired) electrons. The van der Waals surface area contributed by atoms with Crippen LogP contribution in [0.3, 0.4) is 0 Å². The van der Waals surface area contributed by atoms with E-state index in [9.17, 15) is 9.59 Å². The number of aliphatic imine (C=N–C) groups is 1. The Morgan fingerprint density at radius 1 is 1.43 bits per heavy atom. The van der Waals surface area contributed by atoms with Crippen molar-refractivity contribution in [2.45, 2.75) is 39.7 Å². The molecule has 6 nitrogen and oxygen atoms in total. The number of hydrogen-bond acceptors (Lipinski definition) is 5. The van der Waals surface area contributed by atoms with Crippen LogP contribution in [-0.2, 0) is 19.1 Å². The summed E-state index contributed by atoms with van der Waals surface area (Å²) in [7, 11) is 1.54. The normalized spacial score (nSPS) is 22.3. The number of esters is 1. The van der Waals surface area contributed by atoms with Gasteiger partial charge in [0.05, 0.1) is 6.61 Å². The van der Waals surface area contributed by atoms with E-state index in [4.69, 9.17) is 9.47 Å². The Morgan fingerprint density at radius 2 is 2.10 bits per heavy atom. The summed E-state index contributed by atoms with van der Waals surface area (Å²) in [6, 6.07) is 0. The molecule has 21 heavy (non-hydrogen) atoms. The largest absolute Gasteiger partial charge is 0.460 e. The molecule has 0 aromatic rings. The Bertz CT molecular complexity index is 468. The molecule has 1 atom stereocenters. The van der Waals surface area contributed by atoms with E-state index >= 15 is 0 Å². The zero-order valence-electron chi connectivity index (χ0n) is 13.4. The van der Waals surface area contributed by atoms with Crippen molar-refractivity contribution in [1.82, 2.24) is 5.32 Å². The van der Waals surface area contributed by atoms with Crippen LogP contribution in [0, 0.1) is 5.92 Å². The van der Waals surface area contributed by atoms with Crippen molar-refractivity contribution in [3.63, 3.8) is 0 Å². The van der Waals surface area contributed by atoms with Crippen LogP contribution in [0.25, 0.3) is 0 Å². The second kappa shape index (κ2) is 7.36. The van der Waals surface area contributed by atoms with Crippen LogP contribution in [0.5, 0.6) is 0 Å². The maximum absolute atomic E-state index is 12.2. The smallest absolute Gasteiger partial charge is 0.333 e. The standard InChI is InChI=1S/C15H24N2O4/c1-6-15(10(2)3)14(19)16-12(17-15)9-11(4)13(18)21-8-7-20-5/h9-10H,6-8H2,1-5H3,(H,16,17,19)/b11-9+. The van der Waals surface area contributed by atoms with Crippen molar-refractivity contribution in [3.05, 3.63) is 11.6 Å². The minimum Gasteiger partial charge on any atom is -0.460 e. The number of methoxy groups -OCH3 is 1. The monoisotopic (exact) mass is 296 g/mol. The molecule has 0 fully saturated rings. The Balaban J connectivity index is 2.82. The number of carbonyl (C=O) groups excluding carboxylic acids is 2. The molecule has 1 heterocycles. The summed E-state index contributed by atoms with van der Waals surface area (Å²) < 4.78 is 9.82. The molecule has 1 aliphatic rings. The van der Waals surface area contributed by atoms with Crippen molar-refractivity contribution in [3.8, 4) is 0 Å². The molecular formula is C15H24N2O4. The van der Waals surface area contributed by atoms with Gasteiger partial charge in [0, 0.05) is 12.7 Å². The molecule has 0 aromatic heterocycles. The number of amides is 1. The lowest BCUT2D eigenvalue weighted by atomic mass is 9.84. The lowest BCUT2D eigenvalue weighted by Gasteiger charge is -2.25. The number of ether oxygens (including phenoxy) is 2. The van der Waals surface area contributed by atoms with E-state index in [0.717, 1.165) is 0 Å². The summed E-state index contributed by atoms with van der Waals surface area (Å²) in [4.78, 5) is 28.4. The highest BCUT2D eigenvalue weighted by atomic mass is 16.6. The van der Waals surface area contributed by atoms with Crippen molar-refractivity contribution < 1.29 is 19.1 Å². The van der Waals surface area contributed by atoms with Gasteiger partial charge in [-0.3, -0.25) is 9.79 Å². The van der Waals surface area contributed by atoms with Crippen LogP contribution in [0.15, 0.2) is 16.6 Å². The van der Waals surface area contributed by atoms with Gasteiger partial charge in [0.15, 0.2) is 0 Å². The molecule has 1 unspecified atom stereocenters. The van der Waals surface area contributed by atoms with E-state index < -0.39 is 11.5 Å². The summed E-state index contributed by atoms with van der Waals surface area (Å²) >= 11 is 0. The lowest BCUT2D eigenvalue weighted by Crippen LogP contribution is -2.43. The predicted octanol–water partition coefficient (Wildman–Crippen LogP) is 1.46. The maximum atomic E-state index is 12.2.